The van der Waals surface area contributed by atoms with Gasteiger partial charge in [0.25, 0.3) is 11.8 Å². The van der Waals surface area contributed by atoms with Gasteiger partial charge in [0.2, 0.25) is 0 Å². The number of rotatable bonds is 5. The molecule has 162 valence electrons. The van der Waals surface area contributed by atoms with Crippen LogP contribution < -0.4 is 10.6 Å². The van der Waals surface area contributed by atoms with Gasteiger partial charge in [-0.1, -0.05) is 41.5 Å². The molecule has 0 radical (unpaired) electrons. The van der Waals surface area contributed by atoms with Crippen LogP contribution in [0.5, 0.6) is 0 Å². The molecule has 0 saturated heterocycles. The minimum Gasteiger partial charge on any atom is -0.456 e. The lowest BCUT2D eigenvalue weighted by atomic mass is 9.96. The van der Waals surface area contributed by atoms with Crippen molar-refractivity contribution in [2.75, 3.05) is 13.1 Å². The number of hydrogen-bond donors (Lipinski definition) is 2. The zero-order chi connectivity index (χ0) is 22.6. The number of esters is 1. The van der Waals surface area contributed by atoms with Gasteiger partial charge in [-0.05, 0) is 49.8 Å². The molecule has 2 amide bonds. The summed E-state index contributed by atoms with van der Waals surface area (Å²) in [7, 11) is 0. The molecule has 0 heterocycles. The van der Waals surface area contributed by atoms with Crippen LogP contribution in [0.15, 0.2) is 18.2 Å². The van der Waals surface area contributed by atoms with E-state index in [4.69, 9.17) is 4.74 Å². The zero-order valence-corrected chi connectivity index (χ0v) is 19.3. The van der Waals surface area contributed by atoms with Gasteiger partial charge < -0.3 is 15.4 Å². The van der Waals surface area contributed by atoms with E-state index in [1.165, 1.54) is 18.2 Å². The van der Waals surface area contributed by atoms with Gasteiger partial charge in [0.15, 0.2) is 0 Å². The highest BCUT2D eigenvalue weighted by atomic mass is 16.6. The number of ether oxygens (including phenoxy) is 1. The predicted molar refractivity (Wildman–Crippen MR) is 115 cm³/mol. The molecule has 0 bridgehead atoms. The Balaban J connectivity index is 3.23. The summed E-state index contributed by atoms with van der Waals surface area (Å²) in [5, 5.41) is 5.71. The molecule has 0 spiro atoms. The molecule has 0 fully saturated rings. The summed E-state index contributed by atoms with van der Waals surface area (Å²) < 4.78 is 5.42. The first-order valence-corrected chi connectivity index (χ1v) is 9.92. The summed E-state index contributed by atoms with van der Waals surface area (Å²) in [4.78, 5) is 37.9. The van der Waals surface area contributed by atoms with E-state index in [2.05, 4.69) is 10.6 Å². The van der Waals surface area contributed by atoms with Crippen LogP contribution in [0.1, 0.15) is 93.4 Å². The van der Waals surface area contributed by atoms with Gasteiger partial charge in [-0.15, -0.1) is 0 Å². The number of nitrogens with one attached hydrogen (secondary N) is 2. The van der Waals surface area contributed by atoms with Crippen LogP contribution in [0, 0.1) is 10.8 Å². The van der Waals surface area contributed by atoms with E-state index in [9.17, 15) is 14.4 Å². The molecule has 6 heteroatoms. The number of hydrogen-bond acceptors (Lipinski definition) is 4. The maximum absolute atomic E-state index is 12.6. The van der Waals surface area contributed by atoms with E-state index in [-0.39, 0.29) is 39.3 Å². The summed E-state index contributed by atoms with van der Waals surface area (Å²) in [5.41, 5.74) is -0.200. The topological polar surface area (TPSA) is 84.5 Å². The van der Waals surface area contributed by atoms with E-state index in [1.54, 1.807) is 20.8 Å². The molecule has 6 nitrogen and oxygen atoms in total. The van der Waals surface area contributed by atoms with Crippen LogP contribution in [-0.2, 0) is 4.74 Å². The second kappa shape index (κ2) is 8.97. The van der Waals surface area contributed by atoms with Crippen molar-refractivity contribution < 1.29 is 19.1 Å². The third-order valence-electron chi connectivity index (χ3n) is 3.65. The zero-order valence-electron chi connectivity index (χ0n) is 19.3. The third-order valence-corrected chi connectivity index (χ3v) is 3.65. The van der Waals surface area contributed by atoms with Crippen molar-refractivity contribution in [2.24, 2.45) is 10.8 Å². The van der Waals surface area contributed by atoms with Gasteiger partial charge in [0.05, 0.1) is 5.56 Å². The predicted octanol–water partition coefficient (Wildman–Crippen LogP) is 4.19. The van der Waals surface area contributed by atoms with Crippen molar-refractivity contribution in [3.63, 3.8) is 0 Å². The monoisotopic (exact) mass is 404 g/mol. The Kier molecular flexibility index (Phi) is 7.63. The molecule has 2 N–H and O–H groups in total. The lowest BCUT2D eigenvalue weighted by molar-refractivity contribution is 0.00694. The standard InChI is InChI=1S/C23H36N2O4/c1-21(2,3)13-24-18(26)15-10-16(19(27)25-14-22(4,5)6)12-17(11-15)20(28)29-23(7,8)9/h10-12H,13-14H2,1-9H3,(H,24,26)(H,25,27). The summed E-state index contributed by atoms with van der Waals surface area (Å²) in [6.45, 7) is 18.3. The van der Waals surface area contributed by atoms with Crippen molar-refractivity contribution in [1.82, 2.24) is 10.6 Å². The second-order valence-electron chi connectivity index (χ2n) is 10.8. The lowest BCUT2D eigenvalue weighted by Gasteiger charge is -2.21. The molecule has 0 saturated carbocycles. The summed E-state index contributed by atoms with van der Waals surface area (Å²) in [6, 6.07) is 4.43. The lowest BCUT2D eigenvalue weighted by Crippen LogP contribution is -2.34. The smallest absolute Gasteiger partial charge is 0.338 e. The highest BCUT2D eigenvalue weighted by molar-refractivity contribution is 6.03. The van der Waals surface area contributed by atoms with Crippen LogP contribution in [0.25, 0.3) is 0 Å². The molecular weight excluding hydrogens is 368 g/mol. The summed E-state index contributed by atoms with van der Waals surface area (Å²) >= 11 is 0. The fourth-order valence-corrected chi connectivity index (χ4v) is 2.24. The van der Waals surface area contributed by atoms with E-state index in [0.717, 1.165) is 0 Å². The minimum absolute atomic E-state index is 0.0919. The van der Waals surface area contributed by atoms with Crippen LogP contribution in [-0.4, -0.2) is 36.5 Å². The van der Waals surface area contributed by atoms with Crippen LogP contribution in [0.3, 0.4) is 0 Å². The van der Waals surface area contributed by atoms with Crippen LogP contribution >= 0.6 is 0 Å². The maximum Gasteiger partial charge on any atom is 0.338 e. The molecule has 0 aliphatic carbocycles. The van der Waals surface area contributed by atoms with Gasteiger partial charge in [0.1, 0.15) is 5.60 Å². The summed E-state index contributed by atoms with van der Waals surface area (Å²) in [5.74, 6) is -1.25. The fourth-order valence-electron chi connectivity index (χ4n) is 2.24. The Morgan fingerprint density at radius 2 is 1.03 bits per heavy atom. The maximum atomic E-state index is 12.6. The molecule has 0 unspecified atom stereocenters. The van der Waals surface area contributed by atoms with Crippen LogP contribution in [0.4, 0.5) is 0 Å². The molecular formula is C23H36N2O4. The molecule has 1 aromatic carbocycles. The number of benzene rings is 1. The average molecular weight is 405 g/mol. The first kappa shape index (κ1) is 24.7. The molecule has 1 rings (SSSR count). The highest BCUT2D eigenvalue weighted by Crippen LogP contribution is 2.18. The van der Waals surface area contributed by atoms with Crippen LogP contribution in [0.2, 0.25) is 0 Å². The highest BCUT2D eigenvalue weighted by Gasteiger charge is 2.22. The Morgan fingerprint density at radius 1 is 0.690 bits per heavy atom. The Bertz CT molecular complexity index is 714. The van der Waals surface area contributed by atoms with Gasteiger partial charge >= 0.3 is 5.97 Å². The molecule has 0 atom stereocenters. The number of amides is 2. The van der Waals surface area contributed by atoms with E-state index < -0.39 is 11.6 Å². The normalized spacial score (nSPS) is 12.3. The Morgan fingerprint density at radius 3 is 1.34 bits per heavy atom. The first-order valence-electron chi connectivity index (χ1n) is 9.92. The molecule has 0 aliphatic heterocycles. The number of carbonyl (C=O) groups is 3. The van der Waals surface area contributed by atoms with E-state index in [1.807, 2.05) is 41.5 Å². The van der Waals surface area contributed by atoms with Gasteiger partial charge in [0, 0.05) is 24.2 Å². The molecule has 0 aliphatic rings. The minimum atomic E-state index is -0.684. The van der Waals surface area contributed by atoms with Crippen molar-refractivity contribution in [1.29, 1.82) is 0 Å². The Labute approximate surface area is 174 Å². The van der Waals surface area contributed by atoms with E-state index >= 15 is 0 Å². The van der Waals surface area contributed by atoms with Crippen molar-refractivity contribution in [2.45, 2.75) is 67.9 Å². The third kappa shape index (κ3) is 9.59. The van der Waals surface area contributed by atoms with Crippen molar-refractivity contribution in [3.8, 4) is 0 Å². The second-order valence-corrected chi connectivity index (χ2v) is 10.8. The number of carbonyl (C=O) groups excluding carboxylic acids is 3. The van der Waals surface area contributed by atoms with Gasteiger partial charge in [-0.3, -0.25) is 9.59 Å². The molecule has 1 aromatic rings. The van der Waals surface area contributed by atoms with Gasteiger partial charge in [-0.25, -0.2) is 4.79 Å². The fraction of sp³-hybridized carbons (Fsp3) is 0.609. The Hall–Kier alpha value is -2.37. The quantitative estimate of drug-likeness (QED) is 0.721. The average Bonchev–Trinajstić information content (AvgIpc) is 2.54. The molecule has 29 heavy (non-hydrogen) atoms. The molecule has 0 aromatic heterocycles. The SMILES string of the molecule is CC(C)(C)CNC(=O)c1cc(C(=O)NCC(C)(C)C)cc(C(=O)OC(C)(C)C)c1. The van der Waals surface area contributed by atoms with Gasteiger partial charge in [-0.2, -0.15) is 0 Å². The van der Waals surface area contributed by atoms with Crippen molar-refractivity contribution in [3.05, 3.63) is 34.9 Å². The first-order chi connectivity index (χ1) is 13.0. The van der Waals surface area contributed by atoms with Crippen molar-refractivity contribution >= 4 is 17.8 Å². The summed E-state index contributed by atoms with van der Waals surface area (Å²) in [6.07, 6.45) is 0. The van der Waals surface area contributed by atoms with E-state index in [0.29, 0.717) is 13.1 Å². The largest absolute Gasteiger partial charge is 0.456 e.